The van der Waals surface area contributed by atoms with Gasteiger partial charge in [0.25, 0.3) is 0 Å². The summed E-state index contributed by atoms with van der Waals surface area (Å²) in [5.41, 5.74) is 2.26. The van der Waals surface area contributed by atoms with Crippen LogP contribution in [0.5, 0.6) is 0 Å². The van der Waals surface area contributed by atoms with Gasteiger partial charge in [-0.1, -0.05) is 35.9 Å². The molecular weight excluding hydrogens is 182 g/mol. The molecule has 0 aliphatic rings. The highest BCUT2D eigenvalue weighted by atomic mass is 35.5. The van der Waals surface area contributed by atoms with Crippen LogP contribution in [0, 0.1) is 6.92 Å². The van der Waals surface area contributed by atoms with E-state index in [-0.39, 0.29) is 0 Å². The largest absolute Gasteiger partial charge is 0.316 e. The molecule has 0 bridgehead atoms. The number of hydrogen-bond donors (Lipinski definition) is 1. The fourth-order valence-corrected chi connectivity index (χ4v) is 1.37. The summed E-state index contributed by atoms with van der Waals surface area (Å²) in [4.78, 5) is 0. The summed E-state index contributed by atoms with van der Waals surface area (Å²) in [6, 6.07) is 6.06. The van der Waals surface area contributed by atoms with E-state index in [0.717, 1.165) is 17.1 Å². The smallest absolute Gasteiger partial charge is 0.0480 e. The molecule has 2 heteroatoms. The Morgan fingerprint density at radius 3 is 2.85 bits per heavy atom. The van der Waals surface area contributed by atoms with Crippen LogP contribution in [0.2, 0.25) is 5.02 Å². The van der Waals surface area contributed by atoms with Crippen LogP contribution in [0.3, 0.4) is 0 Å². The zero-order chi connectivity index (χ0) is 9.68. The fourth-order valence-electron chi connectivity index (χ4n) is 1.07. The van der Waals surface area contributed by atoms with Crippen molar-refractivity contribution in [1.29, 1.82) is 0 Å². The molecule has 0 fully saturated rings. The monoisotopic (exact) mass is 195 g/mol. The van der Waals surface area contributed by atoms with Crippen LogP contribution in [0.15, 0.2) is 24.3 Å². The lowest BCUT2D eigenvalue weighted by atomic mass is 10.1. The highest BCUT2D eigenvalue weighted by Gasteiger charge is 1.94. The molecular formula is C11H14ClN. The van der Waals surface area contributed by atoms with E-state index in [4.69, 9.17) is 11.6 Å². The van der Waals surface area contributed by atoms with E-state index in [1.54, 1.807) is 0 Å². The number of benzene rings is 1. The first-order chi connectivity index (χ1) is 6.24. The number of aryl methyl sites for hydroxylation is 1. The predicted octanol–water partition coefficient (Wildman–Crippen LogP) is 2.88. The van der Waals surface area contributed by atoms with Gasteiger partial charge in [-0.3, -0.25) is 0 Å². The second-order valence-electron chi connectivity index (χ2n) is 2.99. The molecule has 0 heterocycles. The topological polar surface area (TPSA) is 12.0 Å². The Balaban J connectivity index is 2.77. The molecule has 0 saturated carbocycles. The van der Waals surface area contributed by atoms with Crippen LogP contribution in [0.25, 0.3) is 6.08 Å². The van der Waals surface area contributed by atoms with Gasteiger partial charge < -0.3 is 5.32 Å². The maximum absolute atomic E-state index is 6.04. The molecule has 1 nitrogen and oxygen atoms in total. The van der Waals surface area contributed by atoms with Crippen molar-refractivity contribution < 1.29 is 0 Å². The van der Waals surface area contributed by atoms with E-state index in [1.807, 2.05) is 32.2 Å². The van der Waals surface area contributed by atoms with E-state index < -0.39 is 0 Å². The molecule has 13 heavy (non-hydrogen) atoms. The van der Waals surface area contributed by atoms with Gasteiger partial charge in [0.1, 0.15) is 0 Å². The van der Waals surface area contributed by atoms with Gasteiger partial charge in [-0.15, -0.1) is 0 Å². The summed E-state index contributed by atoms with van der Waals surface area (Å²) < 4.78 is 0. The Labute approximate surface area is 84.4 Å². The lowest BCUT2D eigenvalue weighted by Crippen LogP contribution is -2.03. The molecule has 0 atom stereocenters. The van der Waals surface area contributed by atoms with Gasteiger partial charge in [0.05, 0.1) is 0 Å². The van der Waals surface area contributed by atoms with Crippen LogP contribution >= 0.6 is 11.6 Å². The first-order valence-electron chi connectivity index (χ1n) is 4.31. The maximum atomic E-state index is 6.04. The minimum absolute atomic E-state index is 0.812. The quantitative estimate of drug-likeness (QED) is 0.782. The van der Waals surface area contributed by atoms with E-state index in [1.165, 1.54) is 5.56 Å². The Morgan fingerprint density at radius 1 is 1.46 bits per heavy atom. The van der Waals surface area contributed by atoms with Crippen molar-refractivity contribution in [2.45, 2.75) is 6.92 Å². The fraction of sp³-hybridized carbons (Fsp3) is 0.273. The Hall–Kier alpha value is -0.790. The van der Waals surface area contributed by atoms with Gasteiger partial charge >= 0.3 is 0 Å². The third kappa shape index (κ3) is 3.21. The van der Waals surface area contributed by atoms with Crippen LogP contribution in [-0.4, -0.2) is 13.6 Å². The second kappa shape index (κ2) is 5.05. The normalized spacial score (nSPS) is 11.0. The zero-order valence-corrected chi connectivity index (χ0v) is 8.73. The molecule has 70 valence electrons. The molecule has 0 saturated heterocycles. The zero-order valence-electron chi connectivity index (χ0n) is 7.97. The van der Waals surface area contributed by atoms with Crippen LogP contribution in [-0.2, 0) is 0 Å². The summed E-state index contributed by atoms with van der Waals surface area (Å²) in [6.45, 7) is 2.90. The standard InChI is InChI=1S/C11H14ClN/c1-9-5-6-10(11(12)8-9)4-3-7-13-2/h3-6,8,13H,7H2,1-2H3/b4-3+. The van der Waals surface area contributed by atoms with Gasteiger partial charge in [-0.05, 0) is 31.2 Å². The summed E-state index contributed by atoms with van der Waals surface area (Å²) >= 11 is 6.04. The number of nitrogens with one attached hydrogen (secondary N) is 1. The van der Waals surface area contributed by atoms with Crippen molar-refractivity contribution in [2.75, 3.05) is 13.6 Å². The van der Waals surface area contributed by atoms with Gasteiger partial charge in [0, 0.05) is 11.6 Å². The van der Waals surface area contributed by atoms with E-state index in [9.17, 15) is 0 Å². The summed E-state index contributed by atoms with van der Waals surface area (Å²) in [5, 5.41) is 3.85. The molecule has 1 aromatic rings. The number of rotatable bonds is 3. The minimum Gasteiger partial charge on any atom is -0.316 e. The Morgan fingerprint density at radius 2 is 2.23 bits per heavy atom. The van der Waals surface area contributed by atoms with Gasteiger partial charge in [0.15, 0.2) is 0 Å². The van der Waals surface area contributed by atoms with Crippen molar-refractivity contribution >= 4 is 17.7 Å². The molecule has 0 unspecified atom stereocenters. The number of hydrogen-bond acceptors (Lipinski definition) is 1. The van der Waals surface area contributed by atoms with Crippen molar-refractivity contribution in [3.8, 4) is 0 Å². The average Bonchev–Trinajstić information content (AvgIpc) is 2.09. The predicted molar refractivity (Wildman–Crippen MR) is 59.1 cm³/mol. The molecule has 0 aliphatic carbocycles. The molecule has 1 aromatic carbocycles. The lowest BCUT2D eigenvalue weighted by Gasteiger charge is -1.99. The molecule has 0 radical (unpaired) electrons. The third-order valence-corrected chi connectivity index (χ3v) is 2.10. The number of halogens is 1. The van der Waals surface area contributed by atoms with Crippen LogP contribution in [0.4, 0.5) is 0 Å². The van der Waals surface area contributed by atoms with E-state index >= 15 is 0 Å². The minimum atomic E-state index is 0.812. The lowest BCUT2D eigenvalue weighted by molar-refractivity contribution is 0.922. The van der Waals surface area contributed by atoms with Crippen molar-refractivity contribution in [2.24, 2.45) is 0 Å². The highest BCUT2D eigenvalue weighted by Crippen LogP contribution is 2.18. The van der Waals surface area contributed by atoms with Crippen LogP contribution in [0.1, 0.15) is 11.1 Å². The second-order valence-corrected chi connectivity index (χ2v) is 3.39. The molecule has 0 spiro atoms. The molecule has 0 aliphatic heterocycles. The van der Waals surface area contributed by atoms with Gasteiger partial charge in [-0.25, -0.2) is 0 Å². The van der Waals surface area contributed by atoms with E-state index in [0.29, 0.717) is 0 Å². The summed E-state index contributed by atoms with van der Waals surface area (Å²) in [7, 11) is 1.92. The number of likely N-dealkylation sites (N-methyl/N-ethyl adjacent to an activating group) is 1. The first kappa shape index (κ1) is 10.3. The molecule has 1 rings (SSSR count). The third-order valence-electron chi connectivity index (χ3n) is 1.78. The van der Waals surface area contributed by atoms with E-state index in [2.05, 4.69) is 17.5 Å². The SMILES string of the molecule is CNC/C=C/c1ccc(C)cc1Cl. The maximum Gasteiger partial charge on any atom is 0.0480 e. The van der Waals surface area contributed by atoms with Crippen molar-refractivity contribution in [1.82, 2.24) is 5.32 Å². The Kier molecular flexibility index (Phi) is 4.00. The molecule has 0 aromatic heterocycles. The van der Waals surface area contributed by atoms with Gasteiger partial charge in [0.2, 0.25) is 0 Å². The molecule has 1 N–H and O–H groups in total. The first-order valence-corrected chi connectivity index (χ1v) is 4.69. The summed E-state index contributed by atoms with van der Waals surface area (Å²) in [6.07, 6.45) is 4.08. The van der Waals surface area contributed by atoms with Crippen LogP contribution < -0.4 is 5.32 Å². The van der Waals surface area contributed by atoms with Crippen molar-refractivity contribution in [3.05, 3.63) is 40.4 Å². The molecule has 0 amide bonds. The highest BCUT2D eigenvalue weighted by molar-refractivity contribution is 6.32. The summed E-state index contributed by atoms with van der Waals surface area (Å²) in [5.74, 6) is 0. The Bertz CT molecular complexity index is 305. The average molecular weight is 196 g/mol. The van der Waals surface area contributed by atoms with Crippen molar-refractivity contribution in [3.63, 3.8) is 0 Å². The van der Waals surface area contributed by atoms with Gasteiger partial charge in [-0.2, -0.15) is 0 Å².